The lowest BCUT2D eigenvalue weighted by atomic mass is 9.84. The zero-order valence-electron chi connectivity index (χ0n) is 10.9. The predicted octanol–water partition coefficient (Wildman–Crippen LogP) is 1.92. The molecule has 4 nitrogen and oxygen atoms in total. The molecule has 0 saturated carbocycles. The lowest BCUT2D eigenvalue weighted by Gasteiger charge is -2.39. The van der Waals surface area contributed by atoms with Gasteiger partial charge >= 0.3 is 0 Å². The van der Waals surface area contributed by atoms with E-state index in [2.05, 4.69) is 0 Å². The van der Waals surface area contributed by atoms with Gasteiger partial charge in [-0.3, -0.25) is 0 Å². The number of ether oxygens (including phenoxy) is 3. The number of benzene rings is 1. The molecule has 100 valence electrons. The Labute approximate surface area is 107 Å². The van der Waals surface area contributed by atoms with Crippen molar-refractivity contribution in [1.82, 2.24) is 0 Å². The van der Waals surface area contributed by atoms with E-state index in [1.165, 1.54) is 0 Å². The summed E-state index contributed by atoms with van der Waals surface area (Å²) in [5.74, 6) is 0.782. The molecule has 1 N–H and O–H groups in total. The van der Waals surface area contributed by atoms with Crippen LogP contribution in [0.4, 0.5) is 0 Å². The Kier molecular flexibility index (Phi) is 4.22. The first-order valence-electron chi connectivity index (χ1n) is 6.17. The van der Waals surface area contributed by atoms with Crippen molar-refractivity contribution < 1.29 is 19.3 Å². The molecule has 0 spiro atoms. The van der Waals surface area contributed by atoms with Crippen LogP contribution in [0, 0.1) is 0 Å². The Balaban J connectivity index is 2.19. The molecule has 1 heterocycles. The second-order valence-corrected chi connectivity index (χ2v) is 4.56. The van der Waals surface area contributed by atoms with Gasteiger partial charge in [0.15, 0.2) is 0 Å². The van der Waals surface area contributed by atoms with Crippen molar-refractivity contribution in [1.29, 1.82) is 0 Å². The van der Waals surface area contributed by atoms with Crippen molar-refractivity contribution in [2.45, 2.75) is 24.5 Å². The third-order valence-corrected chi connectivity index (χ3v) is 3.68. The number of aliphatic hydroxyl groups is 1. The molecule has 18 heavy (non-hydrogen) atoms. The van der Waals surface area contributed by atoms with Crippen LogP contribution in [0.5, 0.6) is 5.75 Å². The van der Waals surface area contributed by atoms with Crippen molar-refractivity contribution in [3.8, 4) is 5.75 Å². The van der Waals surface area contributed by atoms with Crippen LogP contribution in [0.1, 0.15) is 24.5 Å². The summed E-state index contributed by atoms with van der Waals surface area (Å²) in [6.45, 7) is 1.25. The van der Waals surface area contributed by atoms with Crippen LogP contribution in [0.2, 0.25) is 0 Å². The Hall–Kier alpha value is -1.10. The molecule has 1 aliphatic heterocycles. The van der Waals surface area contributed by atoms with Gasteiger partial charge in [0, 0.05) is 33.2 Å². The van der Waals surface area contributed by atoms with Crippen LogP contribution in [-0.2, 0) is 9.47 Å². The maximum absolute atomic E-state index is 10.5. The van der Waals surface area contributed by atoms with Gasteiger partial charge in [-0.2, -0.15) is 0 Å². The Morgan fingerprint density at radius 1 is 1.17 bits per heavy atom. The molecule has 1 unspecified atom stereocenters. The van der Waals surface area contributed by atoms with E-state index in [4.69, 9.17) is 14.2 Å². The minimum absolute atomic E-state index is 0.535. The summed E-state index contributed by atoms with van der Waals surface area (Å²) in [5.41, 5.74) is 0.312. The van der Waals surface area contributed by atoms with Gasteiger partial charge in [-0.1, -0.05) is 12.1 Å². The molecule has 1 aliphatic rings. The number of methoxy groups -OCH3 is 2. The van der Waals surface area contributed by atoms with Crippen molar-refractivity contribution in [3.63, 3.8) is 0 Å². The molecule has 1 fully saturated rings. The standard InChI is InChI=1S/C14H20O4/c1-16-12-5-3-11(4-6-12)13(15)14(17-2)7-9-18-10-8-14/h3-6,13,15H,7-10H2,1-2H3. The number of rotatable bonds is 4. The van der Waals surface area contributed by atoms with Crippen LogP contribution in [0.25, 0.3) is 0 Å². The highest BCUT2D eigenvalue weighted by Gasteiger charge is 2.40. The first kappa shape index (κ1) is 13.3. The molecule has 0 amide bonds. The van der Waals surface area contributed by atoms with E-state index >= 15 is 0 Å². The van der Waals surface area contributed by atoms with Crippen molar-refractivity contribution in [2.24, 2.45) is 0 Å². The van der Waals surface area contributed by atoms with Crippen LogP contribution < -0.4 is 4.74 Å². The maximum Gasteiger partial charge on any atom is 0.118 e. The Bertz CT molecular complexity index is 368. The van der Waals surface area contributed by atoms with Gasteiger partial charge in [-0.15, -0.1) is 0 Å². The highest BCUT2D eigenvalue weighted by atomic mass is 16.5. The Morgan fingerprint density at radius 3 is 2.28 bits per heavy atom. The fourth-order valence-electron chi connectivity index (χ4n) is 2.40. The van der Waals surface area contributed by atoms with Gasteiger partial charge in [-0.05, 0) is 17.7 Å². The van der Waals surface area contributed by atoms with Crippen LogP contribution >= 0.6 is 0 Å². The number of aliphatic hydroxyl groups excluding tert-OH is 1. The zero-order chi connectivity index (χ0) is 13.0. The highest BCUT2D eigenvalue weighted by molar-refractivity contribution is 5.29. The smallest absolute Gasteiger partial charge is 0.118 e. The molecule has 1 aromatic rings. The van der Waals surface area contributed by atoms with E-state index < -0.39 is 11.7 Å². The van der Waals surface area contributed by atoms with Crippen molar-refractivity contribution >= 4 is 0 Å². The van der Waals surface area contributed by atoms with E-state index in [1.54, 1.807) is 14.2 Å². The summed E-state index contributed by atoms with van der Waals surface area (Å²) in [5, 5.41) is 10.5. The van der Waals surface area contributed by atoms with Crippen LogP contribution in [0.15, 0.2) is 24.3 Å². The molecule has 1 saturated heterocycles. The molecule has 4 heteroatoms. The average molecular weight is 252 g/mol. The predicted molar refractivity (Wildman–Crippen MR) is 67.7 cm³/mol. The zero-order valence-corrected chi connectivity index (χ0v) is 10.9. The monoisotopic (exact) mass is 252 g/mol. The molecule has 1 aromatic carbocycles. The van der Waals surface area contributed by atoms with E-state index in [9.17, 15) is 5.11 Å². The van der Waals surface area contributed by atoms with Gasteiger partial charge in [0.05, 0.1) is 7.11 Å². The molecule has 0 radical (unpaired) electrons. The van der Waals surface area contributed by atoms with Gasteiger partial charge < -0.3 is 19.3 Å². The van der Waals surface area contributed by atoms with Gasteiger partial charge in [0.2, 0.25) is 0 Å². The number of hydrogen-bond donors (Lipinski definition) is 1. The highest BCUT2D eigenvalue weighted by Crippen LogP contribution is 2.37. The summed E-state index contributed by atoms with van der Waals surface area (Å²) in [6.07, 6.45) is 0.769. The lowest BCUT2D eigenvalue weighted by molar-refractivity contribution is -0.154. The van der Waals surface area contributed by atoms with Crippen LogP contribution in [-0.4, -0.2) is 38.1 Å². The fourth-order valence-corrected chi connectivity index (χ4v) is 2.40. The summed E-state index contributed by atoms with van der Waals surface area (Å²) < 4.78 is 16.0. The minimum atomic E-state index is -0.641. The van der Waals surface area contributed by atoms with Gasteiger partial charge in [0.25, 0.3) is 0 Å². The molecule has 1 atom stereocenters. The molecule has 0 bridgehead atoms. The third kappa shape index (κ3) is 2.51. The average Bonchev–Trinajstić information content (AvgIpc) is 2.47. The normalized spacial score (nSPS) is 20.4. The largest absolute Gasteiger partial charge is 0.497 e. The quantitative estimate of drug-likeness (QED) is 0.889. The van der Waals surface area contributed by atoms with Gasteiger partial charge in [0.1, 0.15) is 17.5 Å². The first-order valence-corrected chi connectivity index (χ1v) is 6.17. The van der Waals surface area contributed by atoms with E-state index in [1.807, 2.05) is 24.3 Å². The summed E-state index contributed by atoms with van der Waals surface area (Å²) in [7, 11) is 3.28. The fraction of sp³-hybridized carbons (Fsp3) is 0.571. The summed E-state index contributed by atoms with van der Waals surface area (Å²) >= 11 is 0. The van der Waals surface area contributed by atoms with Crippen LogP contribution in [0.3, 0.4) is 0 Å². The first-order chi connectivity index (χ1) is 8.72. The molecule has 2 rings (SSSR count). The lowest BCUT2D eigenvalue weighted by Crippen LogP contribution is -2.43. The summed E-state index contributed by atoms with van der Waals surface area (Å²) in [6, 6.07) is 7.45. The maximum atomic E-state index is 10.5. The third-order valence-electron chi connectivity index (χ3n) is 3.68. The molecular weight excluding hydrogens is 232 g/mol. The van der Waals surface area contributed by atoms with Crippen molar-refractivity contribution in [3.05, 3.63) is 29.8 Å². The van der Waals surface area contributed by atoms with E-state index in [-0.39, 0.29) is 0 Å². The molecule has 0 aromatic heterocycles. The van der Waals surface area contributed by atoms with Crippen molar-refractivity contribution in [2.75, 3.05) is 27.4 Å². The SMILES string of the molecule is COc1ccc(C(O)C2(OC)CCOCC2)cc1. The second kappa shape index (κ2) is 5.69. The topological polar surface area (TPSA) is 47.9 Å². The number of hydrogen-bond acceptors (Lipinski definition) is 4. The minimum Gasteiger partial charge on any atom is -0.497 e. The Morgan fingerprint density at radius 2 is 1.78 bits per heavy atom. The summed E-state index contributed by atoms with van der Waals surface area (Å²) in [4.78, 5) is 0. The second-order valence-electron chi connectivity index (χ2n) is 4.56. The molecule has 0 aliphatic carbocycles. The van der Waals surface area contributed by atoms with Gasteiger partial charge in [-0.25, -0.2) is 0 Å². The molecular formula is C14H20O4. The van der Waals surface area contributed by atoms with E-state index in [0.717, 1.165) is 11.3 Å². The van der Waals surface area contributed by atoms with E-state index in [0.29, 0.717) is 26.1 Å².